The van der Waals surface area contributed by atoms with Gasteiger partial charge in [0.2, 0.25) is 0 Å². The van der Waals surface area contributed by atoms with Crippen molar-refractivity contribution < 1.29 is 69.5 Å². The third-order valence-corrected chi connectivity index (χ3v) is 6.76. The molecule has 164 valence electrons. The van der Waals surface area contributed by atoms with E-state index in [2.05, 4.69) is 13.8 Å². The van der Waals surface area contributed by atoms with Gasteiger partial charge in [0.1, 0.15) is 0 Å². The van der Waals surface area contributed by atoms with Crippen LogP contribution in [0, 0.1) is 0 Å². The second-order valence-electron chi connectivity index (χ2n) is 8.17. The Kier molecular flexibility index (Phi) is 24.6. The molecule has 0 saturated carbocycles. The largest absolute Gasteiger partial charge is 1.00 e. The standard InChI is InChI=1S/C22H46O4S.K/c1-3-5-14-19-22(27(24,25)26)20-16-13-11-9-7-6-8-10-12-15-18-21(23)17-4-2;/h21-23H,3-20H2,1-2H3,(H,24,25,26);/q;+1/p-1. The van der Waals surface area contributed by atoms with Gasteiger partial charge in [-0.3, -0.25) is 0 Å². The van der Waals surface area contributed by atoms with E-state index in [1.165, 1.54) is 38.5 Å². The van der Waals surface area contributed by atoms with Crippen molar-refractivity contribution in [1.82, 2.24) is 0 Å². The van der Waals surface area contributed by atoms with Crippen molar-refractivity contribution in [3.05, 3.63) is 0 Å². The molecule has 2 unspecified atom stereocenters. The van der Waals surface area contributed by atoms with Crippen LogP contribution in [0.3, 0.4) is 0 Å². The van der Waals surface area contributed by atoms with Gasteiger partial charge in [-0.2, -0.15) is 0 Å². The monoisotopic (exact) mass is 444 g/mol. The number of aliphatic hydroxyl groups excluding tert-OH is 1. The molecule has 0 aromatic heterocycles. The van der Waals surface area contributed by atoms with Crippen LogP contribution < -0.4 is 51.4 Å². The molecule has 0 bridgehead atoms. The Hall–Kier alpha value is 1.51. The van der Waals surface area contributed by atoms with Crippen LogP contribution in [-0.2, 0) is 10.1 Å². The maximum absolute atomic E-state index is 11.3. The van der Waals surface area contributed by atoms with Gasteiger partial charge in [0.05, 0.1) is 16.2 Å². The van der Waals surface area contributed by atoms with Crippen LogP contribution in [0.15, 0.2) is 0 Å². The van der Waals surface area contributed by atoms with E-state index >= 15 is 0 Å². The summed E-state index contributed by atoms with van der Waals surface area (Å²) < 4.78 is 34.0. The summed E-state index contributed by atoms with van der Waals surface area (Å²) in [4.78, 5) is 0. The summed E-state index contributed by atoms with van der Waals surface area (Å²) >= 11 is 0. The zero-order valence-corrected chi connectivity index (χ0v) is 22.9. The van der Waals surface area contributed by atoms with E-state index in [1.54, 1.807) is 0 Å². The van der Waals surface area contributed by atoms with Crippen LogP contribution in [0.1, 0.15) is 129 Å². The predicted molar refractivity (Wildman–Crippen MR) is 114 cm³/mol. The first-order valence-electron chi connectivity index (χ1n) is 11.5. The van der Waals surface area contributed by atoms with Crippen molar-refractivity contribution in [2.45, 2.75) is 141 Å². The normalized spacial score (nSPS) is 13.9. The third-order valence-electron chi connectivity index (χ3n) is 5.47. The molecule has 0 aromatic carbocycles. The molecule has 0 spiro atoms. The van der Waals surface area contributed by atoms with Crippen molar-refractivity contribution in [3.8, 4) is 0 Å². The fourth-order valence-electron chi connectivity index (χ4n) is 3.70. The zero-order chi connectivity index (χ0) is 20.4. The number of rotatable bonds is 20. The summed E-state index contributed by atoms with van der Waals surface area (Å²) in [6.07, 6.45) is 18.5. The molecular weight excluding hydrogens is 399 g/mol. The average Bonchev–Trinajstić information content (AvgIpc) is 2.60. The van der Waals surface area contributed by atoms with Gasteiger partial charge in [-0.05, 0) is 25.7 Å². The molecule has 4 nitrogen and oxygen atoms in total. The van der Waals surface area contributed by atoms with Crippen LogP contribution in [0.25, 0.3) is 0 Å². The molecule has 0 saturated heterocycles. The minimum absolute atomic E-state index is 0. The fraction of sp³-hybridized carbons (Fsp3) is 1.00. The minimum Gasteiger partial charge on any atom is -0.748 e. The molecule has 0 aromatic rings. The van der Waals surface area contributed by atoms with Gasteiger partial charge in [0.15, 0.2) is 0 Å². The minimum atomic E-state index is -4.13. The first-order valence-corrected chi connectivity index (χ1v) is 13.0. The van der Waals surface area contributed by atoms with Gasteiger partial charge in [0.25, 0.3) is 0 Å². The Morgan fingerprint density at radius 1 is 0.643 bits per heavy atom. The molecule has 0 radical (unpaired) electrons. The SMILES string of the molecule is CCCCCC(CCCCCCCCCCCCC(O)CCC)S(=O)(=O)[O-].[K+]. The van der Waals surface area contributed by atoms with Crippen molar-refractivity contribution in [2.75, 3.05) is 0 Å². The summed E-state index contributed by atoms with van der Waals surface area (Å²) in [5, 5.41) is 9.01. The van der Waals surface area contributed by atoms with Gasteiger partial charge >= 0.3 is 51.4 Å². The predicted octanol–water partition coefficient (Wildman–Crippen LogP) is 3.33. The Labute approximate surface area is 218 Å². The van der Waals surface area contributed by atoms with Gasteiger partial charge in [-0.1, -0.05) is 104 Å². The first kappa shape index (κ1) is 31.7. The molecule has 0 fully saturated rings. The van der Waals surface area contributed by atoms with E-state index in [9.17, 15) is 18.1 Å². The van der Waals surface area contributed by atoms with Crippen molar-refractivity contribution in [3.63, 3.8) is 0 Å². The van der Waals surface area contributed by atoms with Crippen molar-refractivity contribution in [1.29, 1.82) is 0 Å². The summed E-state index contributed by atoms with van der Waals surface area (Å²) in [6, 6.07) is 0. The van der Waals surface area contributed by atoms with Gasteiger partial charge in [0, 0.05) is 5.25 Å². The number of hydrogen-bond donors (Lipinski definition) is 1. The molecule has 1 N–H and O–H groups in total. The molecular formula is C22H45KO4S. The third kappa shape index (κ3) is 20.8. The van der Waals surface area contributed by atoms with E-state index in [-0.39, 0.29) is 57.5 Å². The summed E-state index contributed by atoms with van der Waals surface area (Å²) in [5.41, 5.74) is 0. The molecule has 0 aliphatic carbocycles. The van der Waals surface area contributed by atoms with E-state index in [4.69, 9.17) is 0 Å². The zero-order valence-electron chi connectivity index (χ0n) is 19.0. The summed E-state index contributed by atoms with van der Waals surface area (Å²) in [7, 11) is -4.13. The Morgan fingerprint density at radius 2 is 1.04 bits per heavy atom. The Balaban J connectivity index is 0. The van der Waals surface area contributed by atoms with Crippen LogP contribution >= 0.6 is 0 Å². The topological polar surface area (TPSA) is 77.4 Å². The molecule has 0 rings (SSSR count). The number of unbranched alkanes of at least 4 members (excludes halogenated alkanes) is 11. The maximum Gasteiger partial charge on any atom is 1.00 e. The van der Waals surface area contributed by atoms with Crippen LogP contribution in [0.2, 0.25) is 0 Å². The van der Waals surface area contributed by atoms with Crippen molar-refractivity contribution >= 4 is 10.1 Å². The Bertz CT molecular complexity index is 415. The van der Waals surface area contributed by atoms with E-state index in [0.29, 0.717) is 12.8 Å². The van der Waals surface area contributed by atoms with Gasteiger partial charge in [-0.15, -0.1) is 0 Å². The van der Waals surface area contributed by atoms with E-state index in [1.807, 2.05) is 0 Å². The van der Waals surface area contributed by atoms with Gasteiger partial charge in [-0.25, -0.2) is 8.42 Å². The molecule has 0 aliphatic heterocycles. The second-order valence-corrected chi connectivity index (χ2v) is 9.82. The van der Waals surface area contributed by atoms with Crippen LogP contribution in [0.4, 0.5) is 0 Å². The van der Waals surface area contributed by atoms with E-state index < -0.39 is 15.4 Å². The molecule has 6 heteroatoms. The molecule has 2 atom stereocenters. The van der Waals surface area contributed by atoms with Crippen LogP contribution in [0.5, 0.6) is 0 Å². The maximum atomic E-state index is 11.3. The first-order chi connectivity index (χ1) is 12.9. The quantitative estimate of drug-likeness (QED) is 0.177. The Morgan fingerprint density at radius 3 is 1.43 bits per heavy atom. The summed E-state index contributed by atoms with van der Waals surface area (Å²) in [6.45, 7) is 4.19. The fourth-order valence-corrected chi connectivity index (χ4v) is 4.61. The molecule has 0 aliphatic rings. The molecule has 0 heterocycles. The van der Waals surface area contributed by atoms with Crippen molar-refractivity contribution in [2.24, 2.45) is 0 Å². The second kappa shape index (κ2) is 21.7. The molecule has 28 heavy (non-hydrogen) atoms. The van der Waals surface area contributed by atoms with E-state index in [0.717, 1.165) is 64.2 Å². The average molecular weight is 445 g/mol. The van der Waals surface area contributed by atoms with Gasteiger partial charge < -0.3 is 9.66 Å². The number of hydrogen-bond acceptors (Lipinski definition) is 4. The summed E-state index contributed by atoms with van der Waals surface area (Å²) in [5.74, 6) is 0. The molecule has 0 amide bonds. The van der Waals surface area contributed by atoms with Crippen LogP contribution in [-0.4, -0.2) is 29.4 Å². The number of aliphatic hydroxyl groups is 1. The smallest absolute Gasteiger partial charge is 0.748 e.